The maximum atomic E-state index is 12.5. The summed E-state index contributed by atoms with van der Waals surface area (Å²) >= 11 is 0. The van der Waals surface area contributed by atoms with Gasteiger partial charge in [0.25, 0.3) is 0 Å². The summed E-state index contributed by atoms with van der Waals surface area (Å²) in [6.45, 7) is 5.57. The van der Waals surface area contributed by atoms with Gasteiger partial charge in [-0.25, -0.2) is 9.78 Å². The molecule has 0 spiro atoms. The number of aromatic nitrogens is 4. The topological polar surface area (TPSA) is 135 Å². The molecular formula is C31H47Cl2N9O2. The Labute approximate surface area is 272 Å². The molecule has 1 aliphatic heterocycles. The largest absolute Gasteiger partial charge is 0.430 e. The number of nitrogens with one attached hydrogen (secondary N) is 3. The van der Waals surface area contributed by atoms with Crippen LogP contribution >= 0.6 is 24.8 Å². The van der Waals surface area contributed by atoms with E-state index in [9.17, 15) is 4.79 Å². The molecule has 11 nitrogen and oxygen atoms in total. The number of nitrogens with zero attached hydrogens (tertiary/aromatic N) is 5. The van der Waals surface area contributed by atoms with Crippen molar-refractivity contribution in [2.75, 3.05) is 29.0 Å². The Bertz CT molecular complexity index is 1350. The fraction of sp³-hybridized carbons (Fsp3) is 0.613. The van der Waals surface area contributed by atoms with Gasteiger partial charge in [0.1, 0.15) is 0 Å². The molecule has 3 fully saturated rings. The molecule has 0 atom stereocenters. The Morgan fingerprint density at radius 3 is 2.23 bits per heavy atom. The summed E-state index contributed by atoms with van der Waals surface area (Å²) in [4.78, 5) is 32.8. The highest BCUT2D eigenvalue weighted by molar-refractivity contribution is 5.86. The van der Waals surface area contributed by atoms with Crippen LogP contribution in [-0.2, 0) is 4.84 Å². The standard InChI is InChI=1S/C31H45N9O2.2ClH/c1-20(2)21-7-11-24(12-8-21)36-31(41)42-39-17-15-25(16-18-39)34-28-27-29(40(19-33-27)26-5-3-4-6-26)38-30(37-28)35-23-13-9-22(32)10-14-23;;/h7-8,11-12,19-20,22-23,25-26H,3-6,9-10,13-18,32H2,1-2H3,(H,36,41)(H2,34,35,37,38);2*1H/t22-,23-;;. The molecule has 3 heterocycles. The molecule has 0 unspecified atom stereocenters. The van der Waals surface area contributed by atoms with Gasteiger partial charge >= 0.3 is 6.09 Å². The van der Waals surface area contributed by atoms with E-state index in [1.54, 1.807) is 5.06 Å². The highest BCUT2D eigenvalue weighted by atomic mass is 35.5. The lowest BCUT2D eigenvalue weighted by Crippen LogP contribution is -2.41. The number of rotatable bonds is 8. The van der Waals surface area contributed by atoms with Gasteiger partial charge in [0.2, 0.25) is 5.95 Å². The van der Waals surface area contributed by atoms with Gasteiger partial charge in [0.15, 0.2) is 17.0 Å². The number of imidazole rings is 1. The Kier molecular flexibility index (Phi) is 11.9. The summed E-state index contributed by atoms with van der Waals surface area (Å²) in [5.41, 5.74) is 9.81. The van der Waals surface area contributed by atoms with E-state index in [2.05, 4.69) is 34.4 Å². The number of hydrogen-bond donors (Lipinski definition) is 4. The molecule has 1 saturated heterocycles. The van der Waals surface area contributed by atoms with Crippen LogP contribution in [0.1, 0.15) is 95.6 Å². The van der Waals surface area contributed by atoms with Gasteiger partial charge < -0.3 is 25.8 Å². The smallest absolute Gasteiger partial charge is 0.365 e. The number of amides is 1. The summed E-state index contributed by atoms with van der Waals surface area (Å²) in [6, 6.07) is 9.14. The molecule has 44 heavy (non-hydrogen) atoms. The lowest BCUT2D eigenvalue weighted by Gasteiger charge is -2.31. The molecule has 242 valence electrons. The predicted molar refractivity (Wildman–Crippen MR) is 180 cm³/mol. The molecule has 1 amide bonds. The normalized spacial score (nSPS) is 21.5. The Morgan fingerprint density at radius 1 is 0.909 bits per heavy atom. The van der Waals surface area contributed by atoms with E-state index in [1.165, 1.54) is 18.4 Å². The van der Waals surface area contributed by atoms with E-state index in [1.807, 2.05) is 30.6 Å². The minimum Gasteiger partial charge on any atom is -0.365 e. The summed E-state index contributed by atoms with van der Waals surface area (Å²) in [5, 5.41) is 11.8. The van der Waals surface area contributed by atoms with Crippen molar-refractivity contribution in [2.45, 2.75) is 108 Å². The summed E-state index contributed by atoms with van der Waals surface area (Å²) in [5.74, 6) is 1.87. The molecule has 3 aliphatic rings. The van der Waals surface area contributed by atoms with Crippen LogP contribution in [0.2, 0.25) is 0 Å². The quantitative estimate of drug-likeness (QED) is 0.212. The summed E-state index contributed by atoms with van der Waals surface area (Å²) < 4.78 is 2.25. The van der Waals surface area contributed by atoms with Crippen LogP contribution in [0.3, 0.4) is 0 Å². The minimum atomic E-state index is -0.465. The average Bonchev–Trinajstić information content (AvgIpc) is 3.66. The van der Waals surface area contributed by atoms with Crippen LogP contribution in [-0.4, -0.2) is 61.9 Å². The van der Waals surface area contributed by atoms with Crippen LogP contribution in [0.4, 0.5) is 22.2 Å². The second-order valence-electron chi connectivity index (χ2n) is 12.5. The average molecular weight is 649 g/mol. The predicted octanol–water partition coefficient (Wildman–Crippen LogP) is 6.63. The number of hydrogen-bond acceptors (Lipinski definition) is 9. The molecule has 2 aromatic heterocycles. The molecule has 0 bridgehead atoms. The zero-order valence-corrected chi connectivity index (χ0v) is 27.3. The first-order valence-corrected chi connectivity index (χ1v) is 15.8. The van der Waals surface area contributed by atoms with Gasteiger partial charge in [-0.05, 0) is 75.0 Å². The first-order chi connectivity index (χ1) is 20.4. The number of anilines is 3. The van der Waals surface area contributed by atoms with Crippen LogP contribution in [0, 0.1) is 0 Å². The van der Waals surface area contributed by atoms with Gasteiger partial charge in [-0.15, -0.1) is 29.9 Å². The van der Waals surface area contributed by atoms with Crippen molar-refractivity contribution in [3.8, 4) is 0 Å². The van der Waals surface area contributed by atoms with Crippen LogP contribution in [0.5, 0.6) is 0 Å². The lowest BCUT2D eigenvalue weighted by atomic mass is 9.92. The first kappa shape index (κ1) is 34.0. The van der Waals surface area contributed by atoms with Crippen molar-refractivity contribution in [3.05, 3.63) is 36.2 Å². The SMILES string of the molecule is CC(C)c1ccc(NC(=O)ON2CCC(Nc3nc(N[C@H]4CC[C@H](N)CC4)nc4c3ncn4C3CCCC3)CC2)cc1.Cl.Cl. The minimum absolute atomic E-state index is 0. The number of fused-ring (bicyclic) bond motifs is 1. The van der Waals surface area contributed by atoms with Crippen molar-refractivity contribution in [2.24, 2.45) is 5.73 Å². The summed E-state index contributed by atoms with van der Waals surface area (Å²) in [6.07, 6.45) is 12.0. The first-order valence-electron chi connectivity index (χ1n) is 15.8. The highest BCUT2D eigenvalue weighted by Crippen LogP contribution is 2.34. The monoisotopic (exact) mass is 647 g/mol. The van der Waals surface area contributed by atoms with Crippen molar-refractivity contribution < 1.29 is 9.63 Å². The number of carbonyl (C=O) groups is 1. The fourth-order valence-corrected chi connectivity index (χ4v) is 6.47. The van der Waals surface area contributed by atoms with E-state index < -0.39 is 6.09 Å². The third-order valence-electron chi connectivity index (χ3n) is 9.08. The van der Waals surface area contributed by atoms with Gasteiger partial charge in [-0.3, -0.25) is 5.32 Å². The van der Waals surface area contributed by atoms with Crippen molar-refractivity contribution in [3.63, 3.8) is 0 Å². The zero-order chi connectivity index (χ0) is 29.1. The molecule has 13 heteroatoms. The van der Waals surface area contributed by atoms with E-state index in [0.717, 1.165) is 74.0 Å². The molecule has 6 rings (SSSR count). The van der Waals surface area contributed by atoms with Crippen LogP contribution in [0.15, 0.2) is 30.6 Å². The zero-order valence-electron chi connectivity index (χ0n) is 25.7. The molecular weight excluding hydrogens is 601 g/mol. The third-order valence-corrected chi connectivity index (χ3v) is 9.08. The lowest BCUT2D eigenvalue weighted by molar-refractivity contribution is -0.106. The molecule has 3 aromatic rings. The van der Waals surface area contributed by atoms with E-state index >= 15 is 0 Å². The summed E-state index contributed by atoms with van der Waals surface area (Å²) in [7, 11) is 0. The molecule has 2 aliphatic carbocycles. The maximum absolute atomic E-state index is 12.5. The fourth-order valence-electron chi connectivity index (χ4n) is 6.47. The number of carbonyl (C=O) groups excluding carboxylic acids is 1. The number of hydroxylamine groups is 2. The maximum Gasteiger partial charge on any atom is 0.430 e. The molecule has 5 N–H and O–H groups in total. The van der Waals surface area contributed by atoms with Crippen molar-refractivity contribution >= 4 is 59.5 Å². The van der Waals surface area contributed by atoms with Crippen LogP contribution in [0.25, 0.3) is 11.2 Å². The number of nitrogens with two attached hydrogens (primary N) is 1. The van der Waals surface area contributed by atoms with E-state index in [-0.39, 0.29) is 30.9 Å². The van der Waals surface area contributed by atoms with Gasteiger partial charge in [-0.1, -0.05) is 38.8 Å². The Hall–Kier alpha value is -2.86. The van der Waals surface area contributed by atoms with Gasteiger partial charge in [0.05, 0.1) is 6.33 Å². The highest BCUT2D eigenvalue weighted by Gasteiger charge is 2.27. The molecule has 1 aromatic carbocycles. The molecule has 2 saturated carbocycles. The molecule has 0 radical (unpaired) electrons. The Morgan fingerprint density at radius 2 is 1.57 bits per heavy atom. The third kappa shape index (κ3) is 8.24. The van der Waals surface area contributed by atoms with E-state index in [0.29, 0.717) is 43.1 Å². The Balaban J connectivity index is 0.00000221. The number of benzene rings is 1. The second kappa shape index (κ2) is 15.4. The van der Waals surface area contributed by atoms with Crippen molar-refractivity contribution in [1.82, 2.24) is 24.6 Å². The number of halogens is 2. The second-order valence-corrected chi connectivity index (χ2v) is 12.5. The van der Waals surface area contributed by atoms with E-state index in [4.69, 9.17) is 25.5 Å². The van der Waals surface area contributed by atoms with Gasteiger partial charge in [0, 0.05) is 42.9 Å². The van der Waals surface area contributed by atoms with Crippen LogP contribution < -0.4 is 21.7 Å². The number of piperidine rings is 1. The van der Waals surface area contributed by atoms with Gasteiger partial charge in [-0.2, -0.15) is 9.97 Å². The van der Waals surface area contributed by atoms with Crippen molar-refractivity contribution in [1.29, 1.82) is 0 Å².